The van der Waals surface area contributed by atoms with E-state index in [4.69, 9.17) is 18.5 Å². The summed E-state index contributed by atoms with van der Waals surface area (Å²) in [5.74, 6) is -2.73. The predicted molar refractivity (Wildman–Crippen MR) is 138 cm³/mol. The van der Waals surface area contributed by atoms with E-state index in [1.807, 2.05) is 0 Å². The van der Waals surface area contributed by atoms with Crippen LogP contribution in [0.4, 0.5) is 8.78 Å². The molecule has 2 aliphatic rings. The molecule has 1 amide bonds. The van der Waals surface area contributed by atoms with Crippen LogP contribution in [0.25, 0.3) is 11.0 Å². The van der Waals surface area contributed by atoms with Gasteiger partial charge in [-0.3, -0.25) is 14.1 Å². The Bertz CT molecular complexity index is 1390. The molecule has 0 radical (unpaired) electrons. The van der Waals surface area contributed by atoms with Gasteiger partial charge < -0.3 is 29.3 Å². The Hall–Kier alpha value is -3.01. The molecule has 17 heteroatoms. The summed E-state index contributed by atoms with van der Waals surface area (Å²) in [6.07, 6.45) is -2.79. The van der Waals surface area contributed by atoms with Crippen molar-refractivity contribution in [2.75, 3.05) is 6.61 Å². The topological polar surface area (TPSA) is 161 Å². The molecule has 2 aliphatic heterocycles. The van der Waals surface area contributed by atoms with E-state index in [2.05, 4.69) is 25.7 Å². The first-order valence-electron chi connectivity index (χ1n) is 12.0. The van der Waals surface area contributed by atoms with Gasteiger partial charge >= 0.3 is 13.7 Å². The third kappa shape index (κ3) is 6.32. The van der Waals surface area contributed by atoms with Crippen LogP contribution in [-0.4, -0.2) is 73.5 Å². The minimum absolute atomic E-state index is 0.00528. The van der Waals surface area contributed by atoms with Gasteiger partial charge in [0.2, 0.25) is 0 Å². The van der Waals surface area contributed by atoms with Gasteiger partial charge in [-0.1, -0.05) is 6.58 Å². The molecule has 1 aromatic heterocycles. The number of rotatable bonds is 10. The number of aliphatic hydroxyl groups is 1. The van der Waals surface area contributed by atoms with E-state index in [9.17, 15) is 23.7 Å². The quantitative estimate of drug-likeness (QED) is 0.269. The highest BCUT2D eigenvalue weighted by Crippen LogP contribution is 2.48. The third-order valence-electron chi connectivity index (χ3n) is 5.93. The molecule has 4 rings (SSSR count). The molecule has 218 valence electrons. The number of hydrogen-bond acceptors (Lipinski definition) is 12. The van der Waals surface area contributed by atoms with Crippen molar-refractivity contribution in [1.82, 2.24) is 24.1 Å². The average Bonchev–Trinajstić information content (AvgIpc) is 3.39. The lowest BCUT2D eigenvalue weighted by atomic mass is 9.98. The summed E-state index contributed by atoms with van der Waals surface area (Å²) >= 11 is 0.830. The third-order valence-corrected chi connectivity index (χ3v) is 8.11. The minimum Gasteiger partial charge on any atom is -0.462 e. The van der Waals surface area contributed by atoms with Crippen molar-refractivity contribution < 1.29 is 46.6 Å². The first kappa shape index (κ1) is 30.0. The molecule has 0 bridgehead atoms. The zero-order chi connectivity index (χ0) is 29.4. The largest absolute Gasteiger partial charge is 0.462 e. The first-order chi connectivity index (χ1) is 18.7. The van der Waals surface area contributed by atoms with Crippen LogP contribution in [0.2, 0.25) is 0 Å². The van der Waals surface area contributed by atoms with Gasteiger partial charge in [0.15, 0.2) is 23.5 Å². The van der Waals surface area contributed by atoms with E-state index >= 15 is 4.39 Å². The molecule has 1 aromatic carbocycles. The van der Waals surface area contributed by atoms with Crippen molar-refractivity contribution in [1.29, 1.82) is 0 Å². The second kappa shape index (κ2) is 11.5. The van der Waals surface area contributed by atoms with Gasteiger partial charge in [-0.2, -0.15) is 13.8 Å². The first-order valence-corrected chi connectivity index (χ1v) is 14.3. The standard InChI is InChI=1S/C23H28F2N5O8PS/c1-11(2)36-21(33)12(3)27-39(34,38-17-9-16-15(8-14(17)24)28-40-29-16)35-10-18-20(32)23(5,25)22(37-18)30-7-6-19(31)26-13(30)4/h6-9,11-12,18,20,22,32H,4,10H2,1-3,5H3,(H,26,31)(H,27,34)/t12-,18+,20+,22+,23+,39?/m0/s1. The number of halogens is 2. The molecular weight excluding hydrogens is 575 g/mol. The Labute approximate surface area is 232 Å². The van der Waals surface area contributed by atoms with Crippen molar-refractivity contribution >= 4 is 42.4 Å². The maximum atomic E-state index is 15.7. The Morgan fingerprint density at radius 1 is 1.38 bits per heavy atom. The molecule has 0 saturated carbocycles. The minimum atomic E-state index is -4.63. The normalized spacial score (nSPS) is 27.1. The number of benzene rings is 1. The van der Waals surface area contributed by atoms with Crippen LogP contribution >= 0.6 is 19.5 Å². The van der Waals surface area contributed by atoms with E-state index < -0.39 is 74.0 Å². The van der Waals surface area contributed by atoms with Crippen LogP contribution in [0.5, 0.6) is 5.75 Å². The highest BCUT2D eigenvalue weighted by molar-refractivity contribution is 7.52. The molecule has 1 unspecified atom stereocenters. The van der Waals surface area contributed by atoms with Crippen LogP contribution in [-0.2, 0) is 28.2 Å². The van der Waals surface area contributed by atoms with Crippen molar-refractivity contribution in [3.05, 3.63) is 42.6 Å². The molecule has 6 atom stereocenters. The molecule has 2 aromatic rings. The van der Waals surface area contributed by atoms with Crippen LogP contribution in [0.3, 0.4) is 0 Å². The maximum Gasteiger partial charge on any atom is 0.459 e. The zero-order valence-electron chi connectivity index (χ0n) is 21.9. The average molecular weight is 604 g/mol. The van der Waals surface area contributed by atoms with Gasteiger partial charge in [-0.25, -0.2) is 13.3 Å². The Balaban J connectivity index is 1.56. The number of amides is 1. The number of alkyl halides is 1. The maximum absolute atomic E-state index is 15.7. The lowest BCUT2D eigenvalue weighted by Crippen LogP contribution is -2.51. The number of nitrogens with zero attached hydrogens (tertiary/aromatic N) is 3. The molecule has 1 saturated heterocycles. The fraction of sp³-hybridized carbons (Fsp3) is 0.478. The molecule has 1 fully saturated rings. The fourth-order valence-electron chi connectivity index (χ4n) is 3.93. The van der Waals surface area contributed by atoms with E-state index in [1.54, 1.807) is 13.8 Å². The second-order valence-electron chi connectivity index (χ2n) is 9.54. The van der Waals surface area contributed by atoms with Gasteiger partial charge in [0.1, 0.15) is 35.1 Å². The van der Waals surface area contributed by atoms with Gasteiger partial charge in [0, 0.05) is 24.4 Å². The molecule has 0 spiro atoms. The summed E-state index contributed by atoms with van der Waals surface area (Å²) < 4.78 is 73.8. The molecule has 3 N–H and O–H groups in total. The van der Waals surface area contributed by atoms with Crippen molar-refractivity contribution in [3.63, 3.8) is 0 Å². The number of esters is 1. The molecule has 0 aliphatic carbocycles. The Morgan fingerprint density at radius 2 is 2.05 bits per heavy atom. The number of aliphatic hydroxyl groups excluding tert-OH is 1. The SMILES string of the molecule is C=C1NC(=O)C=CN1[C@@H]1O[C@H](COP(=O)(N[C@@H](C)C(=O)OC(C)C)Oc2cc3nsnc3cc2F)[C@@H](O)[C@@]1(C)F. The number of carbonyl (C=O) groups excluding carboxylic acids is 2. The molecular formula is C23H28F2N5O8PS. The number of aromatic nitrogens is 2. The Morgan fingerprint density at radius 3 is 2.70 bits per heavy atom. The van der Waals surface area contributed by atoms with Crippen molar-refractivity contribution in [2.24, 2.45) is 0 Å². The smallest absolute Gasteiger partial charge is 0.459 e. The van der Waals surface area contributed by atoms with Crippen molar-refractivity contribution in [3.8, 4) is 5.75 Å². The van der Waals surface area contributed by atoms with Crippen LogP contribution in [0.15, 0.2) is 36.8 Å². The van der Waals surface area contributed by atoms with E-state index in [0.717, 1.165) is 36.9 Å². The van der Waals surface area contributed by atoms with Gasteiger partial charge in [-0.05, 0) is 27.7 Å². The summed E-state index contributed by atoms with van der Waals surface area (Å²) in [6.45, 7) is 8.57. The number of carbonyl (C=O) groups is 2. The summed E-state index contributed by atoms with van der Waals surface area (Å²) in [7, 11) is -4.63. The molecule has 13 nitrogen and oxygen atoms in total. The fourth-order valence-corrected chi connectivity index (χ4v) is 5.94. The summed E-state index contributed by atoms with van der Waals surface area (Å²) in [5.41, 5.74) is -1.91. The highest BCUT2D eigenvalue weighted by Gasteiger charge is 2.57. The van der Waals surface area contributed by atoms with Crippen LogP contribution < -0.4 is 14.9 Å². The van der Waals surface area contributed by atoms with Crippen molar-refractivity contribution in [2.45, 2.75) is 63.9 Å². The predicted octanol–water partition coefficient (Wildman–Crippen LogP) is 2.49. The number of hydrogen-bond donors (Lipinski definition) is 3. The molecule has 3 heterocycles. The zero-order valence-corrected chi connectivity index (χ0v) is 23.6. The van der Waals surface area contributed by atoms with E-state index in [0.29, 0.717) is 0 Å². The second-order valence-corrected chi connectivity index (χ2v) is 11.8. The van der Waals surface area contributed by atoms with E-state index in [-0.39, 0.29) is 16.9 Å². The van der Waals surface area contributed by atoms with Gasteiger partial charge in [0.05, 0.1) is 24.4 Å². The van der Waals surface area contributed by atoms with Crippen LogP contribution in [0, 0.1) is 5.82 Å². The number of ether oxygens (including phenoxy) is 2. The summed E-state index contributed by atoms with van der Waals surface area (Å²) in [6, 6.07) is 0.927. The molecule has 40 heavy (non-hydrogen) atoms. The van der Waals surface area contributed by atoms with Crippen LogP contribution in [0.1, 0.15) is 27.7 Å². The summed E-state index contributed by atoms with van der Waals surface area (Å²) in [5, 5.41) is 15.5. The lowest BCUT2D eigenvalue weighted by Gasteiger charge is -2.35. The van der Waals surface area contributed by atoms with Gasteiger partial charge in [0.25, 0.3) is 5.91 Å². The monoisotopic (exact) mass is 603 g/mol. The van der Waals surface area contributed by atoms with Gasteiger partial charge in [-0.15, -0.1) is 0 Å². The number of fused-ring (bicyclic) bond motifs is 1. The van der Waals surface area contributed by atoms with E-state index in [1.165, 1.54) is 18.0 Å². The lowest BCUT2D eigenvalue weighted by molar-refractivity contribution is -0.149. The number of nitrogens with one attached hydrogen (secondary N) is 2. The summed E-state index contributed by atoms with van der Waals surface area (Å²) in [4.78, 5) is 25.1. The highest BCUT2D eigenvalue weighted by atomic mass is 32.1. The Kier molecular flexibility index (Phi) is 8.59.